The molecule has 3 amide bonds. The maximum absolute atomic E-state index is 13.0. The summed E-state index contributed by atoms with van der Waals surface area (Å²) in [5, 5.41) is 0. The summed E-state index contributed by atoms with van der Waals surface area (Å²) in [6.07, 6.45) is 1.49. The molecular weight excluding hydrogens is 376 g/mol. The Hall–Kier alpha value is -1.79. The van der Waals surface area contributed by atoms with Gasteiger partial charge in [-0.15, -0.1) is 12.4 Å². The number of rotatable bonds is 4. The first-order valence-corrected chi connectivity index (χ1v) is 10.2. The lowest BCUT2D eigenvalue weighted by Gasteiger charge is -2.35. The molecule has 0 saturated carbocycles. The molecule has 7 heteroatoms. The summed E-state index contributed by atoms with van der Waals surface area (Å²) in [4.78, 5) is 31.1. The molecule has 0 bridgehead atoms. The van der Waals surface area contributed by atoms with Crippen molar-refractivity contribution in [2.75, 3.05) is 39.3 Å². The summed E-state index contributed by atoms with van der Waals surface area (Å²) in [5.41, 5.74) is 7.55. The number of carbonyl (C=O) groups excluding carboxylic acids is 2. The zero-order valence-corrected chi connectivity index (χ0v) is 17.7. The fourth-order valence-electron chi connectivity index (χ4n) is 4.33. The lowest BCUT2D eigenvalue weighted by molar-refractivity contribution is -0.135. The van der Waals surface area contributed by atoms with Gasteiger partial charge in [-0.2, -0.15) is 0 Å². The van der Waals surface area contributed by atoms with Crippen molar-refractivity contribution < 1.29 is 9.59 Å². The van der Waals surface area contributed by atoms with Crippen molar-refractivity contribution in [1.82, 2.24) is 14.7 Å². The topological polar surface area (TPSA) is 69.9 Å². The summed E-state index contributed by atoms with van der Waals surface area (Å²) >= 11 is 0. The van der Waals surface area contributed by atoms with Gasteiger partial charge >= 0.3 is 6.03 Å². The molecule has 1 aromatic carbocycles. The minimum absolute atomic E-state index is 0. The lowest BCUT2D eigenvalue weighted by Crippen LogP contribution is -2.48. The number of nitrogens with zero attached hydrogens (tertiary/aromatic N) is 3. The van der Waals surface area contributed by atoms with E-state index in [1.54, 1.807) is 0 Å². The SMILES string of the molecule is CCN(CC)C(=O)N1CCC(C(=O)N2C[C@@H](N)[C@H](c3ccccc3)C2)CC1.Cl. The van der Waals surface area contributed by atoms with E-state index in [-0.39, 0.29) is 42.2 Å². The molecule has 2 atom stereocenters. The van der Waals surface area contributed by atoms with Gasteiger partial charge in [-0.05, 0) is 32.3 Å². The third-order valence-electron chi connectivity index (χ3n) is 6.05. The molecule has 2 N–H and O–H groups in total. The Morgan fingerprint density at radius 2 is 1.64 bits per heavy atom. The largest absolute Gasteiger partial charge is 0.340 e. The van der Waals surface area contributed by atoms with Crippen molar-refractivity contribution in [3.8, 4) is 0 Å². The van der Waals surface area contributed by atoms with E-state index in [9.17, 15) is 9.59 Å². The fourth-order valence-corrected chi connectivity index (χ4v) is 4.33. The number of nitrogens with two attached hydrogens (primary N) is 1. The first kappa shape index (κ1) is 22.5. The van der Waals surface area contributed by atoms with Gasteiger partial charge in [0.05, 0.1) is 0 Å². The van der Waals surface area contributed by atoms with Gasteiger partial charge < -0.3 is 20.4 Å². The van der Waals surface area contributed by atoms with Gasteiger partial charge in [-0.25, -0.2) is 4.79 Å². The van der Waals surface area contributed by atoms with Crippen LogP contribution in [0.25, 0.3) is 0 Å². The van der Waals surface area contributed by atoms with Crippen LogP contribution < -0.4 is 5.73 Å². The van der Waals surface area contributed by atoms with Gasteiger partial charge in [0.2, 0.25) is 5.91 Å². The average Bonchev–Trinajstić information content (AvgIpc) is 3.10. The number of halogens is 1. The molecule has 3 rings (SSSR count). The Bertz CT molecular complexity index is 645. The first-order chi connectivity index (χ1) is 13.0. The van der Waals surface area contributed by atoms with Crippen LogP contribution in [0.4, 0.5) is 4.79 Å². The lowest BCUT2D eigenvalue weighted by atomic mass is 9.94. The maximum Gasteiger partial charge on any atom is 0.319 e. The second-order valence-corrected chi connectivity index (χ2v) is 7.64. The van der Waals surface area contributed by atoms with E-state index in [0.29, 0.717) is 26.2 Å². The molecule has 0 radical (unpaired) electrons. The van der Waals surface area contributed by atoms with E-state index in [1.165, 1.54) is 5.56 Å². The Labute approximate surface area is 174 Å². The summed E-state index contributed by atoms with van der Waals surface area (Å²) < 4.78 is 0. The van der Waals surface area contributed by atoms with Crippen LogP contribution in [-0.2, 0) is 4.79 Å². The highest BCUT2D eigenvalue weighted by atomic mass is 35.5. The fraction of sp³-hybridized carbons (Fsp3) is 0.619. The molecule has 0 aliphatic carbocycles. The van der Waals surface area contributed by atoms with Crippen LogP contribution in [0.5, 0.6) is 0 Å². The molecule has 1 aromatic rings. The van der Waals surface area contributed by atoms with Crippen LogP contribution in [0.3, 0.4) is 0 Å². The van der Waals surface area contributed by atoms with E-state index >= 15 is 0 Å². The summed E-state index contributed by atoms with van der Waals surface area (Å²) in [6, 6.07) is 10.3. The molecule has 0 spiro atoms. The summed E-state index contributed by atoms with van der Waals surface area (Å²) in [5.74, 6) is 0.422. The van der Waals surface area contributed by atoms with Crippen molar-refractivity contribution in [2.24, 2.45) is 11.7 Å². The van der Waals surface area contributed by atoms with Gasteiger partial charge in [0, 0.05) is 57.1 Å². The zero-order chi connectivity index (χ0) is 19.4. The van der Waals surface area contributed by atoms with Crippen molar-refractivity contribution in [3.63, 3.8) is 0 Å². The van der Waals surface area contributed by atoms with Crippen molar-refractivity contribution >= 4 is 24.3 Å². The summed E-state index contributed by atoms with van der Waals surface area (Å²) in [6.45, 7) is 8.08. The molecule has 28 heavy (non-hydrogen) atoms. The maximum atomic E-state index is 13.0. The number of hydrogen-bond donors (Lipinski definition) is 1. The van der Waals surface area contributed by atoms with Crippen LogP contribution in [0.15, 0.2) is 30.3 Å². The van der Waals surface area contributed by atoms with Crippen molar-refractivity contribution in [3.05, 3.63) is 35.9 Å². The van der Waals surface area contributed by atoms with Crippen LogP contribution in [-0.4, -0.2) is 71.9 Å². The molecule has 0 unspecified atom stereocenters. The molecule has 2 aliphatic heterocycles. The number of piperidine rings is 1. The van der Waals surface area contributed by atoms with E-state index in [1.807, 2.05) is 46.7 Å². The molecule has 6 nitrogen and oxygen atoms in total. The second-order valence-electron chi connectivity index (χ2n) is 7.64. The highest BCUT2D eigenvalue weighted by Gasteiger charge is 2.38. The molecule has 2 fully saturated rings. The monoisotopic (exact) mass is 408 g/mol. The Morgan fingerprint density at radius 3 is 2.21 bits per heavy atom. The third-order valence-corrected chi connectivity index (χ3v) is 6.05. The minimum atomic E-state index is -0.0133. The smallest absolute Gasteiger partial charge is 0.319 e. The molecule has 2 aliphatic rings. The minimum Gasteiger partial charge on any atom is -0.340 e. The Balaban J connectivity index is 0.00000280. The van der Waals surface area contributed by atoms with E-state index in [2.05, 4.69) is 12.1 Å². The van der Waals surface area contributed by atoms with Crippen LogP contribution >= 0.6 is 12.4 Å². The van der Waals surface area contributed by atoms with Gasteiger partial charge in [-0.3, -0.25) is 4.79 Å². The van der Waals surface area contributed by atoms with Crippen LogP contribution in [0, 0.1) is 5.92 Å². The molecule has 2 saturated heterocycles. The highest BCUT2D eigenvalue weighted by Crippen LogP contribution is 2.29. The number of carbonyl (C=O) groups is 2. The number of likely N-dealkylation sites (tertiary alicyclic amines) is 2. The van der Waals surface area contributed by atoms with E-state index in [0.717, 1.165) is 25.9 Å². The Morgan fingerprint density at radius 1 is 1.04 bits per heavy atom. The number of hydrogen-bond acceptors (Lipinski definition) is 3. The molecule has 0 aromatic heterocycles. The van der Waals surface area contributed by atoms with E-state index < -0.39 is 0 Å². The predicted octanol–water partition coefficient (Wildman–Crippen LogP) is 2.54. The second kappa shape index (κ2) is 10.1. The number of amides is 3. The summed E-state index contributed by atoms with van der Waals surface area (Å²) in [7, 11) is 0. The first-order valence-electron chi connectivity index (χ1n) is 10.2. The van der Waals surface area contributed by atoms with E-state index in [4.69, 9.17) is 5.73 Å². The third kappa shape index (κ3) is 4.78. The Kier molecular flexibility index (Phi) is 8.13. The molecule has 2 heterocycles. The molecular formula is C21H33ClN4O2. The quantitative estimate of drug-likeness (QED) is 0.832. The van der Waals surface area contributed by atoms with Gasteiger partial charge in [0.1, 0.15) is 0 Å². The number of urea groups is 1. The average molecular weight is 409 g/mol. The standard InChI is InChI=1S/C21H32N4O2.ClH/c1-3-23(4-2)21(27)24-12-10-17(11-13-24)20(26)25-14-18(19(22)15-25)16-8-6-5-7-9-16;/h5-9,17-19H,3-4,10-15,22H2,1-2H3;1H/t18-,19+;/m0./s1. The van der Waals surface area contributed by atoms with Crippen LogP contribution in [0.2, 0.25) is 0 Å². The van der Waals surface area contributed by atoms with Crippen molar-refractivity contribution in [2.45, 2.75) is 38.6 Å². The predicted molar refractivity (Wildman–Crippen MR) is 114 cm³/mol. The van der Waals surface area contributed by atoms with Gasteiger partial charge in [0.25, 0.3) is 0 Å². The highest BCUT2D eigenvalue weighted by molar-refractivity contribution is 5.85. The van der Waals surface area contributed by atoms with Gasteiger partial charge in [0.15, 0.2) is 0 Å². The normalized spacial score (nSPS) is 22.7. The molecule has 156 valence electrons. The van der Waals surface area contributed by atoms with Crippen LogP contribution in [0.1, 0.15) is 38.2 Å². The zero-order valence-electron chi connectivity index (χ0n) is 16.9. The van der Waals surface area contributed by atoms with Gasteiger partial charge in [-0.1, -0.05) is 30.3 Å². The van der Waals surface area contributed by atoms with Crippen molar-refractivity contribution in [1.29, 1.82) is 0 Å². The number of benzene rings is 1.